The largest absolute Gasteiger partial charge is 0.513 e. The standard InChI is InChI=1S/C23H26N2O8.ClH/c1-30-18-11-16(12-19(13-18)31-2)4-3-15-5-7-17(8-6-15)33-23(29)32-10-9-25-22(28)20(24)14-21(26)27;/h3-8,11-13,20H,9-10,14,24H2,1-2H3,(H,25,28)(H,26,27);1H. The number of rotatable bonds is 11. The monoisotopic (exact) mass is 494 g/mol. The smallest absolute Gasteiger partial charge is 0.497 e. The van der Waals surface area contributed by atoms with Gasteiger partial charge in [0.15, 0.2) is 0 Å². The predicted molar refractivity (Wildman–Crippen MR) is 127 cm³/mol. The van der Waals surface area contributed by atoms with Crippen molar-refractivity contribution in [3.8, 4) is 17.2 Å². The number of benzene rings is 2. The molecule has 0 spiro atoms. The number of nitrogens with two attached hydrogens (primary N) is 1. The topological polar surface area (TPSA) is 146 Å². The van der Waals surface area contributed by atoms with Crippen LogP contribution in [0, 0.1) is 0 Å². The average molecular weight is 495 g/mol. The molecule has 0 fully saturated rings. The summed E-state index contributed by atoms with van der Waals surface area (Å²) in [6.45, 7) is -0.185. The summed E-state index contributed by atoms with van der Waals surface area (Å²) in [5.74, 6) is -0.185. The lowest BCUT2D eigenvalue weighted by molar-refractivity contribution is -0.139. The van der Waals surface area contributed by atoms with E-state index in [2.05, 4.69) is 5.32 Å². The second-order valence-corrected chi connectivity index (χ2v) is 6.74. The van der Waals surface area contributed by atoms with Crippen LogP contribution in [0.5, 0.6) is 17.2 Å². The van der Waals surface area contributed by atoms with E-state index in [1.54, 1.807) is 44.6 Å². The molecule has 0 aromatic heterocycles. The van der Waals surface area contributed by atoms with E-state index < -0.39 is 30.5 Å². The molecule has 0 bridgehead atoms. The first-order chi connectivity index (χ1) is 15.8. The number of hydrogen-bond acceptors (Lipinski definition) is 8. The molecule has 0 radical (unpaired) electrons. The van der Waals surface area contributed by atoms with E-state index in [-0.39, 0.29) is 31.3 Å². The van der Waals surface area contributed by atoms with E-state index in [1.807, 2.05) is 24.3 Å². The number of carbonyl (C=O) groups excluding carboxylic acids is 2. The van der Waals surface area contributed by atoms with Crippen LogP contribution in [0.3, 0.4) is 0 Å². The fraction of sp³-hybridized carbons (Fsp3) is 0.261. The quantitative estimate of drug-likeness (QED) is 0.185. The van der Waals surface area contributed by atoms with Crippen molar-refractivity contribution >= 4 is 42.6 Å². The van der Waals surface area contributed by atoms with Crippen molar-refractivity contribution in [3.05, 3.63) is 53.6 Å². The zero-order chi connectivity index (χ0) is 24.2. The third-order valence-corrected chi connectivity index (χ3v) is 4.28. The molecule has 2 aromatic rings. The van der Waals surface area contributed by atoms with Crippen molar-refractivity contribution in [2.24, 2.45) is 5.73 Å². The summed E-state index contributed by atoms with van der Waals surface area (Å²) < 4.78 is 20.4. The van der Waals surface area contributed by atoms with Gasteiger partial charge in [0.05, 0.1) is 33.2 Å². The van der Waals surface area contributed by atoms with Crippen molar-refractivity contribution in [2.45, 2.75) is 12.5 Å². The van der Waals surface area contributed by atoms with Gasteiger partial charge in [0.1, 0.15) is 23.9 Å². The number of ether oxygens (including phenoxy) is 4. The van der Waals surface area contributed by atoms with Crippen LogP contribution in [0.2, 0.25) is 0 Å². The van der Waals surface area contributed by atoms with Crippen molar-refractivity contribution in [1.29, 1.82) is 0 Å². The fourth-order valence-electron chi connectivity index (χ4n) is 2.61. The Morgan fingerprint density at radius 2 is 1.56 bits per heavy atom. The number of carboxylic acid groups (broad SMARTS) is 1. The highest BCUT2D eigenvalue weighted by Gasteiger charge is 2.16. The number of amides is 1. The lowest BCUT2D eigenvalue weighted by atomic mass is 10.1. The van der Waals surface area contributed by atoms with E-state index >= 15 is 0 Å². The van der Waals surface area contributed by atoms with Gasteiger partial charge in [-0.3, -0.25) is 9.59 Å². The number of nitrogens with one attached hydrogen (secondary N) is 1. The Morgan fingerprint density at radius 3 is 2.12 bits per heavy atom. The molecule has 4 N–H and O–H groups in total. The van der Waals surface area contributed by atoms with Crippen LogP contribution in [0.4, 0.5) is 4.79 Å². The Bertz CT molecular complexity index is 973. The molecule has 184 valence electrons. The number of carboxylic acids is 1. The number of methoxy groups -OCH3 is 2. The van der Waals surface area contributed by atoms with Gasteiger partial charge >= 0.3 is 12.1 Å². The lowest BCUT2D eigenvalue weighted by Gasteiger charge is -2.10. The highest BCUT2D eigenvalue weighted by Crippen LogP contribution is 2.24. The molecular formula is C23H27ClN2O8. The fourth-order valence-corrected chi connectivity index (χ4v) is 2.61. The van der Waals surface area contributed by atoms with Crippen molar-refractivity contribution < 1.29 is 38.4 Å². The van der Waals surface area contributed by atoms with Crippen LogP contribution in [0.25, 0.3) is 12.2 Å². The highest BCUT2D eigenvalue weighted by atomic mass is 35.5. The van der Waals surface area contributed by atoms with Crippen LogP contribution in [0.15, 0.2) is 42.5 Å². The van der Waals surface area contributed by atoms with Gasteiger partial charge in [-0.25, -0.2) is 4.79 Å². The van der Waals surface area contributed by atoms with E-state index in [9.17, 15) is 14.4 Å². The second-order valence-electron chi connectivity index (χ2n) is 6.74. The Hall–Kier alpha value is -3.76. The van der Waals surface area contributed by atoms with Gasteiger partial charge in [0.2, 0.25) is 5.91 Å². The summed E-state index contributed by atoms with van der Waals surface area (Å²) in [5.41, 5.74) is 7.18. The van der Waals surface area contributed by atoms with Crippen LogP contribution in [0.1, 0.15) is 17.5 Å². The maximum atomic E-state index is 11.8. The Morgan fingerprint density at radius 1 is 0.971 bits per heavy atom. The summed E-state index contributed by atoms with van der Waals surface area (Å²) >= 11 is 0. The molecule has 1 unspecified atom stereocenters. The van der Waals surface area contributed by atoms with E-state index in [0.717, 1.165) is 11.1 Å². The van der Waals surface area contributed by atoms with E-state index in [1.165, 1.54) is 0 Å². The van der Waals surface area contributed by atoms with Gasteiger partial charge in [-0.1, -0.05) is 24.3 Å². The van der Waals surface area contributed by atoms with Crippen LogP contribution < -0.4 is 25.3 Å². The van der Waals surface area contributed by atoms with Gasteiger partial charge < -0.3 is 35.1 Å². The van der Waals surface area contributed by atoms with Crippen LogP contribution in [-0.4, -0.2) is 56.6 Å². The maximum Gasteiger partial charge on any atom is 0.513 e. The molecule has 0 aliphatic heterocycles. The van der Waals surface area contributed by atoms with Gasteiger partial charge in [0.25, 0.3) is 0 Å². The molecule has 0 aliphatic rings. The Kier molecular flexibility index (Phi) is 12.0. The van der Waals surface area contributed by atoms with Crippen LogP contribution >= 0.6 is 12.4 Å². The van der Waals surface area contributed by atoms with Gasteiger partial charge in [-0.05, 0) is 35.4 Å². The first-order valence-corrected chi connectivity index (χ1v) is 9.91. The molecule has 10 nitrogen and oxygen atoms in total. The first kappa shape index (κ1) is 28.3. The highest BCUT2D eigenvalue weighted by molar-refractivity contribution is 5.86. The number of hydrogen-bond donors (Lipinski definition) is 3. The van der Waals surface area contributed by atoms with Crippen molar-refractivity contribution in [2.75, 3.05) is 27.4 Å². The second kappa shape index (κ2) is 14.4. The molecule has 1 amide bonds. The number of carbonyl (C=O) groups is 3. The number of aliphatic carboxylic acids is 1. The van der Waals surface area contributed by atoms with Crippen molar-refractivity contribution in [3.63, 3.8) is 0 Å². The molecule has 2 aromatic carbocycles. The molecular weight excluding hydrogens is 468 g/mol. The zero-order valence-corrected chi connectivity index (χ0v) is 19.5. The molecule has 0 saturated carbocycles. The SMILES string of the molecule is COc1cc(C=Cc2ccc(OC(=O)OCCNC(=O)C(N)CC(=O)O)cc2)cc(OC)c1.Cl. The third kappa shape index (κ3) is 9.80. The minimum atomic E-state index is -1.18. The predicted octanol–water partition coefficient (Wildman–Crippen LogP) is 2.73. The van der Waals surface area contributed by atoms with Gasteiger partial charge in [0, 0.05) is 6.07 Å². The summed E-state index contributed by atoms with van der Waals surface area (Å²) in [6.07, 6.45) is 2.35. The van der Waals surface area contributed by atoms with Crippen molar-refractivity contribution in [1.82, 2.24) is 5.32 Å². The molecule has 34 heavy (non-hydrogen) atoms. The van der Waals surface area contributed by atoms with E-state index in [0.29, 0.717) is 11.5 Å². The maximum absolute atomic E-state index is 11.8. The normalized spacial score (nSPS) is 11.1. The summed E-state index contributed by atoms with van der Waals surface area (Å²) in [7, 11) is 3.17. The molecule has 0 saturated heterocycles. The number of halogens is 1. The van der Waals surface area contributed by atoms with Crippen LogP contribution in [-0.2, 0) is 14.3 Å². The molecule has 11 heteroatoms. The molecule has 2 rings (SSSR count). The molecule has 0 aliphatic carbocycles. The average Bonchev–Trinajstić information content (AvgIpc) is 2.80. The minimum Gasteiger partial charge on any atom is -0.497 e. The van der Waals surface area contributed by atoms with Gasteiger partial charge in [-0.15, -0.1) is 12.4 Å². The first-order valence-electron chi connectivity index (χ1n) is 9.91. The minimum absolute atomic E-state index is 0. The molecule has 0 heterocycles. The lowest BCUT2D eigenvalue weighted by Crippen LogP contribution is -2.43. The molecule has 1 atom stereocenters. The Labute approximate surface area is 203 Å². The summed E-state index contributed by atoms with van der Waals surface area (Å²) in [4.78, 5) is 33.8. The summed E-state index contributed by atoms with van der Waals surface area (Å²) in [5, 5.41) is 11.0. The third-order valence-electron chi connectivity index (χ3n) is 4.28. The van der Waals surface area contributed by atoms with E-state index in [4.69, 9.17) is 29.8 Å². The summed E-state index contributed by atoms with van der Waals surface area (Å²) in [6, 6.07) is 11.1. The Balaban J connectivity index is 0.00000578. The van der Waals surface area contributed by atoms with Gasteiger partial charge in [-0.2, -0.15) is 0 Å². The zero-order valence-electron chi connectivity index (χ0n) is 18.7.